The van der Waals surface area contributed by atoms with Gasteiger partial charge < -0.3 is 20.1 Å². The van der Waals surface area contributed by atoms with Gasteiger partial charge in [-0.3, -0.25) is 4.79 Å². The van der Waals surface area contributed by atoms with Crippen molar-refractivity contribution in [2.75, 3.05) is 4.31 Å². The molecular weight excluding hydrogens is 760 g/mol. The van der Waals surface area contributed by atoms with E-state index >= 15 is 0 Å². The number of halogens is 5. The lowest BCUT2D eigenvalue weighted by atomic mass is 9.88. The fourth-order valence-electron chi connectivity index (χ4n) is 5.57. The number of sulfonamides is 1. The summed E-state index contributed by atoms with van der Waals surface area (Å²) in [6.07, 6.45) is -2.64. The molecule has 2 heterocycles. The van der Waals surface area contributed by atoms with Crippen molar-refractivity contribution in [1.82, 2.24) is 10.6 Å². The van der Waals surface area contributed by atoms with Gasteiger partial charge in [0.05, 0.1) is 21.2 Å². The molecule has 1 fully saturated rings. The lowest BCUT2D eigenvalue weighted by Crippen LogP contribution is -2.55. The maximum Gasteiger partial charge on any atom is 0.408 e. The highest BCUT2D eigenvalue weighted by molar-refractivity contribution is 7.92. The summed E-state index contributed by atoms with van der Waals surface area (Å²) >= 11 is 26.7. The van der Waals surface area contributed by atoms with Crippen LogP contribution >= 0.6 is 58.0 Å². The molecule has 0 saturated carbocycles. The molecule has 1 spiro atoms. The van der Waals surface area contributed by atoms with Crippen LogP contribution in [0.5, 0.6) is 0 Å². The summed E-state index contributed by atoms with van der Waals surface area (Å²) in [5.74, 6) is -1.57. The van der Waals surface area contributed by atoms with Crippen LogP contribution in [0.3, 0.4) is 0 Å². The number of fused-ring (bicyclic) bond motifs is 2. The molecule has 0 bridgehead atoms. The third kappa shape index (κ3) is 8.03. The number of nitrogens with zero attached hydrogens (tertiary/aromatic N) is 1. The summed E-state index contributed by atoms with van der Waals surface area (Å²) in [5.41, 5.74) is -0.345. The number of esters is 1. The van der Waals surface area contributed by atoms with Gasteiger partial charge in [-0.2, -0.15) is 0 Å². The van der Waals surface area contributed by atoms with Gasteiger partial charge in [0.25, 0.3) is 10.0 Å². The third-order valence-corrected chi connectivity index (χ3v) is 9.94. The highest BCUT2D eigenvalue weighted by Crippen LogP contribution is 2.51. The van der Waals surface area contributed by atoms with Crippen LogP contribution in [0.2, 0.25) is 10.0 Å². The monoisotopic (exact) mass is 783 g/mol. The lowest BCUT2D eigenvalue weighted by molar-refractivity contribution is -0.122. The molecule has 2 N–H and O–H groups in total. The van der Waals surface area contributed by atoms with E-state index in [9.17, 15) is 22.8 Å². The van der Waals surface area contributed by atoms with Crippen molar-refractivity contribution in [3.05, 3.63) is 130 Å². The van der Waals surface area contributed by atoms with E-state index in [-0.39, 0.29) is 39.2 Å². The molecule has 4 aromatic carbocycles. The highest BCUT2D eigenvalue weighted by atomic mass is 35.6. The largest absolute Gasteiger partial charge is 0.445 e. The summed E-state index contributed by atoms with van der Waals surface area (Å²) in [6, 6.07) is 26.2. The van der Waals surface area contributed by atoms with E-state index in [1.54, 1.807) is 66.7 Å². The number of nitrogens with one attached hydrogen (secondary N) is 2. The maximum atomic E-state index is 14.2. The first-order chi connectivity index (χ1) is 23.3. The van der Waals surface area contributed by atoms with Crippen molar-refractivity contribution < 1.29 is 32.3 Å². The first kappa shape index (κ1) is 36.6. The molecule has 0 radical (unpaired) electrons. The summed E-state index contributed by atoms with van der Waals surface area (Å²) in [7, 11) is -4.37. The summed E-state index contributed by atoms with van der Waals surface area (Å²) < 4.78 is 40.0. The van der Waals surface area contributed by atoms with E-state index < -0.39 is 50.1 Å². The fraction of sp³-hybridized carbons (Fsp3) is 0.182. The Balaban J connectivity index is 0.00000111. The minimum Gasteiger partial charge on any atom is -0.445 e. The molecule has 2 amide bonds. The van der Waals surface area contributed by atoms with Crippen LogP contribution in [0, 0.1) is 0 Å². The predicted octanol–water partition coefficient (Wildman–Crippen LogP) is 7.38. The number of carbonyl (C=O) groups excluding carboxylic acids is 3. The second-order valence-electron chi connectivity index (χ2n) is 10.7. The first-order valence-corrected chi connectivity index (χ1v) is 17.9. The number of alkyl halides is 3. The number of amides is 2. The molecule has 3 atom stereocenters. The van der Waals surface area contributed by atoms with Gasteiger partial charge in [-0.15, -0.1) is 0 Å². The van der Waals surface area contributed by atoms with Crippen molar-refractivity contribution >= 4 is 91.7 Å². The van der Waals surface area contributed by atoms with Crippen LogP contribution in [0.25, 0.3) is 0 Å². The van der Waals surface area contributed by atoms with Crippen LogP contribution < -0.4 is 14.9 Å². The zero-order valence-electron chi connectivity index (χ0n) is 25.1. The predicted molar refractivity (Wildman–Crippen MR) is 188 cm³/mol. The Labute approximate surface area is 307 Å². The molecule has 2 aliphatic heterocycles. The number of hydrogen-bond donors (Lipinski definition) is 2. The third-order valence-electron chi connectivity index (χ3n) is 7.62. The average Bonchev–Trinajstić information content (AvgIpc) is 3.53. The van der Waals surface area contributed by atoms with Crippen LogP contribution in [-0.4, -0.2) is 43.0 Å². The lowest BCUT2D eigenvalue weighted by Gasteiger charge is -2.35. The molecule has 16 heteroatoms. The van der Waals surface area contributed by atoms with Crippen molar-refractivity contribution in [1.29, 1.82) is 0 Å². The van der Waals surface area contributed by atoms with Gasteiger partial charge in [0.1, 0.15) is 18.2 Å². The number of anilines is 1. The fourth-order valence-corrected chi connectivity index (χ4v) is 7.68. The second-order valence-corrected chi connectivity index (χ2v) is 15.3. The highest BCUT2D eigenvalue weighted by Gasteiger charge is 2.62. The Bertz CT molecular complexity index is 1950. The Morgan fingerprint density at radius 2 is 1.53 bits per heavy atom. The summed E-state index contributed by atoms with van der Waals surface area (Å²) in [6.45, 7) is -0.0276. The standard InChI is InChI=1S/C32H25Cl2N3O7S.CHCl3/c33-21-15-16-23(25(34)17-21)29(39)44-30-32(18-26(28(38)36-32)35-31(40)43-19-20-9-3-1-4-10-20)24-13-7-8-14-27(24)37(30)45(41,42)22-11-5-2-6-12-22;2-1(3)4/h1-17,26,30H,18-19H2,(H,35,40)(H,36,38);1H/t26-,30-,32-;/m0./s1. The first-order valence-electron chi connectivity index (χ1n) is 14.4. The van der Waals surface area contributed by atoms with Crippen LogP contribution in [-0.2, 0) is 36.4 Å². The number of alkyl carbamates (subject to hydrolysis) is 1. The molecule has 4 aromatic rings. The van der Waals surface area contributed by atoms with Gasteiger partial charge in [-0.1, -0.05) is 125 Å². The Morgan fingerprint density at radius 3 is 2.18 bits per heavy atom. The van der Waals surface area contributed by atoms with Gasteiger partial charge in [-0.05, 0) is 42.0 Å². The topological polar surface area (TPSA) is 131 Å². The number of benzene rings is 4. The number of ether oxygens (including phenoxy) is 2. The Morgan fingerprint density at radius 1 is 0.918 bits per heavy atom. The second kappa shape index (κ2) is 15.5. The van der Waals surface area contributed by atoms with E-state index in [2.05, 4.69) is 10.6 Å². The Hall–Kier alpha value is -3.71. The van der Waals surface area contributed by atoms with E-state index in [1.165, 1.54) is 30.3 Å². The number of para-hydroxylation sites is 1. The molecule has 0 aromatic heterocycles. The molecule has 0 unspecified atom stereocenters. The molecular formula is C33H26Cl5N3O7S. The van der Waals surface area contributed by atoms with E-state index in [4.69, 9.17) is 67.5 Å². The van der Waals surface area contributed by atoms with Crippen molar-refractivity contribution in [2.24, 2.45) is 0 Å². The smallest absolute Gasteiger partial charge is 0.408 e. The van der Waals surface area contributed by atoms with E-state index in [1.807, 2.05) is 6.07 Å². The molecule has 1 saturated heterocycles. The molecule has 6 rings (SSSR count). The molecule has 2 aliphatic rings. The molecule has 256 valence electrons. The van der Waals surface area contributed by atoms with Crippen molar-refractivity contribution in [3.8, 4) is 0 Å². The molecule has 10 nitrogen and oxygen atoms in total. The van der Waals surface area contributed by atoms with Gasteiger partial charge in [-0.25, -0.2) is 22.3 Å². The molecule has 49 heavy (non-hydrogen) atoms. The van der Waals surface area contributed by atoms with E-state index in [0.29, 0.717) is 5.56 Å². The normalized spacial score (nSPS) is 19.5. The minimum atomic E-state index is -4.37. The van der Waals surface area contributed by atoms with Crippen LogP contribution in [0.4, 0.5) is 10.5 Å². The van der Waals surface area contributed by atoms with Gasteiger partial charge in [0, 0.05) is 17.0 Å². The molecule has 0 aliphatic carbocycles. The number of rotatable bonds is 7. The number of hydrogen-bond acceptors (Lipinski definition) is 7. The Kier molecular flexibility index (Phi) is 11.5. The van der Waals surface area contributed by atoms with Crippen molar-refractivity contribution in [3.63, 3.8) is 0 Å². The van der Waals surface area contributed by atoms with E-state index in [0.717, 1.165) is 9.87 Å². The number of carbonyl (C=O) groups is 3. The maximum absolute atomic E-state index is 14.2. The van der Waals surface area contributed by atoms with Crippen molar-refractivity contribution in [2.45, 2.75) is 40.0 Å². The summed E-state index contributed by atoms with van der Waals surface area (Å²) in [5, 5.41) is 5.70. The quantitative estimate of drug-likeness (QED) is 0.148. The van der Waals surface area contributed by atoms with Gasteiger partial charge in [0.2, 0.25) is 12.1 Å². The average molecular weight is 786 g/mol. The zero-order valence-corrected chi connectivity index (χ0v) is 29.7. The van der Waals surface area contributed by atoms with Crippen LogP contribution in [0.15, 0.2) is 108 Å². The minimum absolute atomic E-state index is 0.00862. The van der Waals surface area contributed by atoms with Crippen LogP contribution in [0.1, 0.15) is 27.9 Å². The SMILES string of the molecule is ClC(Cl)Cl.O=C(N[C@H]1C[C@]2(NC1=O)c1ccccc1N(S(=O)(=O)c1ccccc1)[C@H]2OC(=O)c1ccc(Cl)cc1Cl)OCc1ccccc1. The van der Waals surface area contributed by atoms with Gasteiger partial charge >= 0.3 is 12.1 Å². The summed E-state index contributed by atoms with van der Waals surface area (Å²) in [4.78, 5) is 39.8. The van der Waals surface area contributed by atoms with Gasteiger partial charge in [0.15, 0.2) is 4.30 Å². The zero-order chi connectivity index (χ0) is 35.3.